The van der Waals surface area contributed by atoms with Crippen LogP contribution in [0.3, 0.4) is 0 Å². The summed E-state index contributed by atoms with van der Waals surface area (Å²) >= 11 is 0. The topological polar surface area (TPSA) is 12.5 Å². The summed E-state index contributed by atoms with van der Waals surface area (Å²) in [5, 5.41) is 2.50. The average molecular weight is 574 g/mol. The third-order valence-corrected chi connectivity index (χ3v) is 9.34. The van der Waals surface area contributed by atoms with Gasteiger partial charge in [-0.1, -0.05) is 129 Å². The van der Waals surface area contributed by atoms with E-state index < -0.39 is 0 Å². The lowest BCUT2D eigenvalue weighted by Gasteiger charge is -2.46. The number of hydrogen-bond donors (Lipinski definition) is 0. The molecule has 4 aliphatic rings. The molecule has 2 heteroatoms. The van der Waals surface area contributed by atoms with Crippen LogP contribution in [-0.2, 0) is 4.74 Å². The summed E-state index contributed by atoms with van der Waals surface area (Å²) in [6.45, 7) is 9.01. The van der Waals surface area contributed by atoms with E-state index in [-0.39, 0.29) is 17.6 Å². The van der Waals surface area contributed by atoms with Crippen molar-refractivity contribution in [2.75, 3.05) is 4.90 Å². The van der Waals surface area contributed by atoms with Gasteiger partial charge in [-0.3, -0.25) is 0 Å². The summed E-state index contributed by atoms with van der Waals surface area (Å²) < 4.78 is 6.72. The average Bonchev–Trinajstić information content (AvgIpc) is 3.05. The summed E-state index contributed by atoms with van der Waals surface area (Å²) in [5.41, 5.74) is 6.99. The molecule has 4 unspecified atom stereocenters. The van der Waals surface area contributed by atoms with Crippen LogP contribution in [0.15, 0.2) is 175 Å². The molecule has 4 atom stereocenters. The highest BCUT2D eigenvalue weighted by Crippen LogP contribution is 2.43. The van der Waals surface area contributed by atoms with Crippen LogP contribution < -0.4 is 4.90 Å². The van der Waals surface area contributed by atoms with Crippen molar-refractivity contribution in [3.8, 4) is 0 Å². The van der Waals surface area contributed by atoms with E-state index in [2.05, 4.69) is 171 Å². The lowest BCUT2D eigenvalue weighted by Crippen LogP contribution is -2.46. The van der Waals surface area contributed by atoms with Crippen molar-refractivity contribution in [2.45, 2.75) is 38.3 Å². The Bertz CT molecular complexity index is 1840. The molecule has 3 aromatic rings. The molecule has 0 amide bonds. The number of anilines is 1. The van der Waals surface area contributed by atoms with Crippen LogP contribution in [0.5, 0.6) is 0 Å². The molecule has 0 radical (unpaired) electrons. The molecule has 0 saturated heterocycles. The fourth-order valence-electron chi connectivity index (χ4n) is 6.78. The van der Waals surface area contributed by atoms with E-state index in [9.17, 15) is 0 Å². The molecule has 0 spiro atoms. The number of benzene rings is 3. The molecule has 0 saturated carbocycles. The predicted octanol–water partition coefficient (Wildman–Crippen LogP) is 10.4. The zero-order chi connectivity index (χ0) is 30.1. The Labute approximate surface area is 261 Å². The highest BCUT2D eigenvalue weighted by Gasteiger charge is 2.36. The first-order valence-corrected chi connectivity index (χ1v) is 15.7. The lowest BCUT2D eigenvalue weighted by atomic mass is 9.83. The SMILES string of the molecule is C=C1/C=C\C=C(\C2=CCC(C)C(N(c3ccc4ccccc4c3)C3(C)C=CC(c4ccccc4)=CC3)=C2)OC2C=CC=CC12. The Balaban J connectivity index is 1.30. The zero-order valence-electron chi connectivity index (χ0n) is 25.6. The first-order chi connectivity index (χ1) is 21.5. The monoisotopic (exact) mass is 573 g/mol. The quantitative estimate of drug-likeness (QED) is 0.301. The Hall–Kier alpha value is -4.82. The van der Waals surface area contributed by atoms with E-state index in [0.29, 0.717) is 5.92 Å². The van der Waals surface area contributed by atoms with Gasteiger partial charge in [0.25, 0.3) is 0 Å². The van der Waals surface area contributed by atoms with Gasteiger partial charge in [0, 0.05) is 22.9 Å². The van der Waals surface area contributed by atoms with Crippen LogP contribution >= 0.6 is 0 Å². The standard InChI is InChI=1S/C42H39NO/c1-30-12-11-19-40(44-41-18-10-9-17-38(30)41)36-21-20-31(2)39(29-36)43(37-23-22-33-15-7-8-16-35(33)28-37)42(3)26-24-34(25-27-42)32-13-5-4-6-14-32/h4-19,21-26,28-29,31,38,41H,1,20,27H2,2-3H3/b12-11-,40-19-. The Morgan fingerprint density at radius 2 is 1.64 bits per heavy atom. The van der Waals surface area contributed by atoms with Crippen molar-refractivity contribution in [3.05, 3.63) is 180 Å². The van der Waals surface area contributed by atoms with Crippen molar-refractivity contribution in [3.63, 3.8) is 0 Å². The fraction of sp³-hybridized carbons (Fsp3) is 0.190. The molecule has 7 rings (SSSR count). The number of allylic oxidation sites excluding steroid dienone is 10. The van der Waals surface area contributed by atoms with Crippen molar-refractivity contribution in [1.82, 2.24) is 0 Å². The molecule has 1 aliphatic heterocycles. The van der Waals surface area contributed by atoms with Crippen molar-refractivity contribution in [2.24, 2.45) is 11.8 Å². The van der Waals surface area contributed by atoms with Crippen LogP contribution in [0.2, 0.25) is 0 Å². The Morgan fingerprint density at radius 3 is 2.45 bits per heavy atom. The van der Waals surface area contributed by atoms with Gasteiger partial charge < -0.3 is 9.64 Å². The molecular weight excluding hydrogens is 534 g/mol. The molecule has 3 aliphatic carbocycles. The van der Waals surface area contributed by atoms with Crippen LogP contribution in [-0.4, -0.2) is 11.6 Å². The van der Waals surface area contributed by atoms with Gasteiger partial charge in [-0.2, -0.15) is 0 Å². The van der Waals surface area contributed by atoms with Gasteiger partial charge in [-0.25, -0.2) is 0 Å². The van der Waals surface area contributed by atoms with E-state index in [1.165, 1.54) is 33.3 Å². The zero-order valence-corrected chi connectivity index (χ0v) is 25.6. The second kappa shape index (κ2) is 11.7. The van der Waals surface area contributed by atoms with E-state index in [0.717, 1.165) is 29.7 Å². The van der Waals surface area contributed by atoms with Gasteiger partial charge >= 0.3 is 0 Å². The third-order valence-electron chi connectivity index (χ3n) is 9.34. The minimum Gasteiger partial charge on any atom is -0.485 e. The van der Waals surface area contributed by atoms with Gasteiger partial charge in [-0.05, 0) is 83.5 Å². The second-order valence-corrected chi connectivity index (χ2v) is 12.5. The number of fused-ring (bicyclic) bond motifs is 2. The highest BCUT2D eigenvalue weighted by atomic mass is 16.5. The molecule has 1 heterocycles. The number of hydrogen-bond acceptors (Lipinski definition) is 2. The van der Waals surface area contributed by atoms with E-state index in [1.54, 1.807) is 0 Å². The van der Waals surface area contributed by atoms with Gasteiger partial charge in [-0.15, -0.1) is 0 Å². The van der Waals surface area contributed by atoms with Crippen LogP contribution in [0.1, 0.15) is 32.3 Å². The Kier molecular flexibility index (Phi) is 7.44. The molecule has 2 nitrogen and oxygen atoms in total. The van der Waals surface area contributed by atoms with E-state index in [4.69, 9.17) is 4.74 Å². The number of nitrogens with zero attached hydrogens (tertiary/aromatic N) is 1. The second-order valence-electron chi connectivity index (χ2n) is 12.5. The minimum atomic E-state index is -0.251. The predicted molar refractivity (Wildman–Crippen MR) is 186 cm³/mol. The Morgan fingerprint density at radius 1 is 0.841 bits per heavy atom. The molecule has 0 fully saturated rings. The van der Waals surface area contributed by atoms with Crippen LogP contribution in [0, 0.1) is 11.8 Å². The third kappa shape index (κ3) is 5.37. The molecule has 218 valence electrons. The number of ether oxygens (including phenoxy) is 1. The summed E-state index contributed by atoms with van der Waals surface area (Å²) in [4.78, 5) is 2.58. The van der Waals surface area contributed by atoms with Gasteiger partial charge in [0.2, 0.25) is 0 Å². The van der Waals surface area contributed by atoms with Gasteiger partial charge in [0.15, 0.2) is 0 Å². The van der Waals surface area contributed by atoms with Crippen molar-refractivity contribution >= 4 is 22.0 Å². The fourth-order valence-corrected chi connectivity index (χ4v) is 6.78. The largest absolute Gasteiger partial charge is 0.485 e. The van der Waals surface area contributed by atoms with Crippen molar-refractivity contribution in [1.29, 1.82) is 0 Å². The molecule has 0 aromatic heterocycles. The maximum atomic E-state index is 6.72. The van der Waals surface area contributed by atoms with Crippen molar-refractivity contribution < 1.29 is 4.74 Å². The molecule has 0 N–H and O–H groups in total. The first kappa shape index (κ1) is 28.0. The minimum absolute atomic E-state index is 0.0715. The van der Waals surface area contributed by atoms with Gasteiger partial charge in [0.1, 0.15) is 11.9 Å². The van der Waals surface area contributed by atoms with E-state index >= 15 is 0 Å². The maximum Gasteiger partial charge on any atom is 0.127 e. The van der Waals surface area contributed by atoms with Gasteiger partial charge in [0.05, 0.1) is 5.54 Å². The first-order valence-electron chi connectivity index (χ1n) is 15.7. The molecule has 44 heavy (non-hydrogen) atoms. The molecule has 3 aromatic carbocycles. The lowest BCUT2D eigenvalue weighted by molar-refractivity contribution is 0.137. The smallest absolute Gasteiger partial charge is 0.127 e. The maximum absolute atomic E-state index is 6.72. The summed E-state index contributed by atoms with van der Waals surface area (Å²) in [5.74, 6) is 1.38. The van der Waals surface area contributed by atoms with Crippen LogP contribution in [0.25, 0.3) is 16.3 Å². The molecular formula is C42H39NO. The highest BCUT2D eigenvalue weighted by molar-refractivity contribution is 5.87. The number of rotatable bonds is 5. The van der Waals surface area contributed by atoms with E-state index in [1.807, 2.05) is 0 Å². The van der Waals surface area contributed by atoms with Crippen LogP contribution in [0.4, 0.5) is 5.69 Å². The summed E-state index contributed by atoms with van der Waals surface area (Å²) in [6.07, 6.45) is 28.4. The summed E-state index contributed by atoms with van der Waals surface area (Å²) in [6, 6.07) is 26.2. The normalized spacial score (nSPS) is 28.0. The molecule has 0 bridgehead atoms. The summed E-state index contributed by atoms with van der Waals surface area (Å²) in [7, 11) is 0.